The van der Waals surface area contributed by atoms with E-state index in [2.05, 4.69) is 31.9 Å². The summed E-state index contributed by atoms with van der Waals surface area (Å²) in [5.41, 5.74) is 0.297. The third kappa shape index (κ3) is 2.94. The Morgan fingerprint density at radius 1 is 1.17 bits per heavy atom. The Kier molecular flexibility index (Phi) is 4.44. The van der Waals surface area contributed by atoms with Gasteiger partial charge in [0, 0.05) is 14.3 Å². The fourth-order valence-electron chi connectivity index (χ4n) is 1.35. The van der Waals surface area contributed by atoms with Gasteiger partial charge in [-0.05, 0) is 46.3 Å². The van der Waals surface area contributed by atoms with Crippen molar-refractivity contribution in [3.8, 4) is 6.07 Å². The minimum absolute atomic E-state index is 0.213. The number of halogens is 3. The first-order valence-electron chi connectivity index (χ1n) is 4.93. The SMILES string of the molecule is N#Cc1ccc(Sc2cccc(Br)c2)c(F)c1Br. The third-order valence-corrected chi connectivity index (χ3v) is 4.48. The second-order valence-corrected chi connectivity index (χ2v) is 6.23. The van der Waals surface area contributed by atoms with E-state index >= 15 is 0 Å². The van der Waals surface area contributed by atoms with Crippen molar-refractivity contribution in [3.63, 3.8) is 0 Å². The van der Waals surface area contributed by atoms with E-state index in [9.17, 15) is 4.39 Å². The smallest absolute Gasteiger partial charge is 0.152 e. The van der Waals surface area contributed by atoms with E-state index in [0.717, 1.165) is 9.37 Å². The van der Waals surface area contributed by atoms with Crippen LogP contribution in [-0.4, -0.2) is 0 Å². The molecule has 5 heteroatoms. The summed E-state index contributed by atoms with van der Waals surface area (Å²) in [4.78, 5) is 1.42. The van der Waals surface area contributed by atoms with Gasteiger partial charge in [0.1, 0.15) is 6.07 Å². The highest BCUT2D eigenvalue weighted by Gasteiger charge is 2.12. The van der Waals surface area contributed by atoms with Crippen LogP contribution in [0.4, 0.5) is 4.39 Å². The molecule has 0 aliphatic heterocycles. The molecule has 0 saturated carbocycles. The molecule has 2 rings (SSSR count). The Morgan fingerprint density at radius 2 is 1.94 bits per heavy atom. The van der Waals surface area contributed by atoms with Gasteiger partial charge in [0.05, 0.1) is 10.0 Å². The molecule has 1 nitrogen and oxygen atoms in total. The Labute approximate surface area is 125 Å². The molecule has 90 valence electrons. The summed E-state index contributed by atoms with van der Waals surface area (Å²) in [6.07, 6.45) is 0. The lowest BCUT2D eigenvalue weighted by Crippen LogP contribution is -1.87. The van der Waals surface area contributed by atoms with Crippen LogP contribution < -0.4 is 0 Å². The summed E-state index contributed by atoms with van der Waals surface area (Å²) in [6, 6.07) is 12.8. The highest BCUT2D eigenvalue weighted by molar-refractivity contribution is 9.10. The second kappa shape index (κ2) is 5.87. The van der Waals surface area contributed by atoms with Crippen LogP contribution in [-0.2, 0) is 0 Å². The van der Waals surface area contributed by atoms with E-state index in [4.69, 9.17) is 5.26 Å². The molecular formula is C13H6Br2FNS. The van der Waals surface area contributed by atoms with Crippen LogP contribution in [0.15, 0.2) is 55.1 Å². The summed E-state index contributed by atoms with van der Waals surface area (Å²) in [5, 5.41) is 8.80. The fourth-order valence-corrected chi connectivity index (χ4v) is 3.38. The lowest BCUT2D eigenvalue weighted by atomic mass is 10.2. The summed E-state index contributed by atoms with van der Waals surface area (Å²) in [6.45, 7) is 0. The molecule has 18 heavy (non-hydrogen) atoms. The van der Waals surface area contributed by atoms with Crippen LogP contribution in [0.5, 0.6) is 0 Å². The summed E-state index contributed by atoms with van der Waals surface area (Å²) < 4.78 is 15.2. The first kappa shape index (κ1) is 13.6. The molecule has 0 saturated heterocycles. The first-order chi connectivity index (χ1) is 8.61. The van der Waals surface area contributed by atoms with E-state index < -0.39 is 5.82 Å². The van der Waals surface area contributed by atoms with Gasteiger partial charge >= 0.3 is 0 Å². The summed E-state index contributed by atoms with van der Waals surface area (Å²) >= 11 is 7.79. The van der Waals surface area contributed by atoms with E-state index in [1.165, 1.54) is 11.8 Å². The van der Waals surface area contributed by atoms with Crippen molar-refractivity contribution in [1.82, 2.24) is 0 Å². The Bertz CT molecular complexity index is 637. The molecule has 0 atom stereocenters. The Hall–Kier alpha value is -0.830. The van der Waals surface area contributed by atoms with Crippen molar-refractivity contribution in [2.24, 2.45) is 0 Å². The van der Waals surface area contributed by atoms with Gasteiger partial charge in [0.2, 0.25) is 0 Å². The lowest BCUT2D eigenvalue weighted by molar-refractivity contribution is 0.594. The van der Waals surface area contributed by atoms with Crippen molar-refractivity contribution in [2.45, 2.75) is 9.79 Å². The van der Waals surface area contributed by atoms with Crippen LogP contribution >= 0.6 is 43.6 Å². The average molecular weight is 387 g/mol. The van der Waals surface area contributed by atoms with Gasteiger partial charge in [0.15, 0.2) is 5.82 Å². The van der Waals surface area contributed by atoms with Crippen molar-refractivity contribution in [2.75, 3.05) is 0 Å². The standard InChI is InChI=1S/C13H6Br2FNS/c14-9-2-1-3-10(6-9)18-11-5-4-8(7-17)12(15)13(11)16/h1-6H. The van der Waals surface area contributed by atoms with E-state index in [1.54, 1.807) is 12.1 Å². The van der Waals surface area contributed by atoms with Gasteiger partial charge in [-0.1, -0.05) is 33.8 Å². The van der Waals surface area contributed by atoms with Crippen LogP contribution in [0.2, 0.25) is 0 Å². The minimum atomic E-state index is -0.404. The molecule has 2 aromatic rings. The Balaban J connectivity index is 2.36. The van der Waals surface area contributed by atoms with Crippen molar-refractivity contribution in [1.29, 1.82) is 5.26 Å². The summed E-state index contributed by atoms with van der Waals surface area (Å²) in [5.74, 6) is -0.404. The number of hydrogen-bond acceptors (Lipinski definition) is 2. The fraction of sp³-hybridized carbons (Fsp3) is 0. The first-order valence-corrected chi connectivity index (χ1v) is 7.33. The third-order valence-electron chi connectivity index (χ3n) is 2.19. The molecule has 2 aromatic carbocycles. The number of hydrogen-bond donors (Lipinski definition) is 0. The van der Waals surface area contributed by atoms with Crippen molar-refractivity contribution < 1.29 is 4.39 Å². The van der Waals surface area contributed by atoms with Crippen LogP contribution in [0.25, 0.3) is 0 Å². The molecule has 0 fully saturated rings. The van der Waals surface area contributed by atoms with Gasteiger partial charge in [-0.25, -0.2) is 4.39 Å². The van der Waals surface area contributed by atoms with Gasteiger partial charge in [-0.2, -0.15) is 5.26 Å². The molecule has 0 amide bonds. The molecule has 0 aliphatic rings. The molecule has 0 spiro atoms. The molecule has 0 radical (unpaired) electrons. The van der Waals surface area contributed by atoms with E-state index in [1.807, 2.05) is 30.3 Å². The van der Waals surface area contributed by atoms with Crippen LogP contribution in [0.1, 0.15) is 5.56 Å². The topological polar surface area (TPSA) is 23.8 Å². The molecule has 0 aliphatic carbocycles. The maximum absolute atomic E-state index is 14.0. The lowest BCUT2D eigenvalue weighted by Gasteiger charge is -2.06. The number of nitriles is 1. The summed E-state index contributed by atoms with van der Waals surface area (Å²) in [7, 11) is 0. The highest BCUT2D eigenvalue weighted by atomic mass is 79.9. The normalized spacial score (nSPS) is 10.1. The predicted molar refractivity (Wildman–Crippen MR) is 77.1 cm³/mol. The predicted octanol–water partition coefficient (Wildman–Crippen LogP) is 5.37. The van der Waals surface area contributed by atoms with Gasteiger partial charge in [-0.15, -0.1) is 0 Å². The van der Waals surface area contributed by atoms with Crippen molar-refractivity contribution >= 4 is 43.6 Å². The number of nitrogens with zero attached hydrogens (tertiary/aromatic N) is 1. The molecule has 0 bridgehead atoms. The quantitative estimate of drug-likeness (QED) is 0.692. The second-order valence-electron chi connectivity index (χ2n) is 3.41. The van der Waals surface area contributed by atoms with Gasteiger partial charge in [0.25, 0.3) is 0 Å². The van der Waals surface area contributed by atoms with Gasteiger partial charge < -0.3 is 0 Å². The van der Waals surface area contributed by atoms with Crippen LogP contribution in [0.3, 0.4) is 0 Å². The molecule has 0 aromatic heterocycles. The maximum Gasteiger partial charge on any atom is 0.152 e. The number of benzene rings is 2. The average Bonchev–Trinajstić information content (AvgIpc) is 2.35. The van der Waals surface area contributed by atoms with E-state index in [-0.39, 0.29) is 4.47 Å². The zero-order valence-corrected chi connectivity index (χ0v) is 12.9. The molecule has 0 heterocycles. The highest BCUT2D eigenvalue weighted by Crippen LogP contribution is 2.35. The number of rotatable bonds is 2. The van der Waals surface area contributed by atoms with Crippen molar-refractivity contribution in [3.05, 3.63) is 56.7 Å². The molecular weight excluding hydrogens is 381 g/mol. The van der Waals surface area contributed by atoms with E-state index in [0.29, 0.717) is 10.5 Å². The zero-order chi connectivity index (χ0) is 13.1. The molecule has 0 N–H and O–H groups in total. The zero-order valence-electron chi connectivity index (χ0n) is 8.95. The van der Waals surface area contributed by atoms with Gasteiger partial charge in [-0.3, -0.25) is 0 Å². The minimum Gasteiger partial charge on any atom is -0.204 e. The maximum atomic E-state index is 14.0. The molecule has 0 unspecified atom stereocenters. The monoisotopic (exact) mass is 385 g/mol. The Morgan fingerprint density at radius 3 is 2.61 bits per heavy atom. The van der Waals surface area contributed by atoms with Crippen LogP contribution in [0, 0.1) is 17.1 Å². The largest absolute Gasteiger partial charge is 0.204 e.